The Morgan fingerprint density at radius 3 is 2.82 bits per heavy atom. The molecule has 0 saturated carbocycles. The summed E-state index contributed by atoms with van der Waals surface area (Å²) in [7, 11) is 0. The highest BCUT2D eigenvalue weighted by Gasteiger charge is 2.10. The minimum atomic E-state index is -0.410. The molecule has 0 radical (unpaired) electrons. The van der Waals surface area contributed by atoms with Gasteiger partial charge >= 0.3 is 0 Å². The predicted molar refractivity (Wildman–Crippen MR) is 87.4 cm³/mol. The average molecular weight is 301 g/mol. The molecule has 0 unspecified atom stereocenters. The lowest BCUT2D eigenvalue weighted by molar-refractivity contribution is -0.112. The molecule has 0 aromatic heterocycles. The zero-order chi connectivity index (χ0) is 16.4. The third kappa shape index (κ3) is 5.98. The normalized spacial score (nSPS) is 10.9. The molecule has 2 N–H and O–H groups in total. The topological polar surface area (TPSA) is 74.1 Å². The van der Waals surface area contributed by atoms with Crippen LogP contribution in [0.3, 0.4) is 0 Å². The summed E-state index contributed by atoms with van der Waals surface area (Å²) < 4.78 is 5.21. The first-order chi connectivity index (χ1) is 10.6. The Balaban J connectivity index is 2.55. The molecule has 0 fully saturated rings. The second kappa shape index (κ2) is 9.59. The third-order valence-electron chi connectivity index (χ3n) is 3.06. The van der Waals surface area contributed by atoms with E-state index in [4.69, 9.17) is 10.00 Å². The van der Waals surface area contributed by atoms with Gasteiger partial charge in [-0.1, -0.05) is 17.7 Å². The highest BCUT2D eigenvalue weighted by atomic mass is 16.5. The van der Waals surface area contributed by atoms with E-state index >= 15 is 0 Å². The van der Waals surface area contributed by atoms with Crippen molar-refractivity contribution in [3.63, 3.8) is 0 Å². The van der Waals surface area contributed by atoms with Crippen LogP contribution in [-0.4, -0.2) is 25.7 Å². The SMILES string of the molecule is CCOCCCN/C=C(/C#N)C(=O)Nc1ccc(C)cc1C. The first-order valence-corrected chi connectivity index (χ1v) is 7.38. The van der Waals surface area contributed by atoms with Crippen molar-refractivity contribution in [1.29, 1.82) is 5.26 Å². The minimum absolute atomic E-state index is 0.0522. The van der Waals surface area contributed by atoms with E-state index in [1.165, 1.54) is 6.20 Å². The monoisotopic (exact) mass is 301 g/mol. The van der Waals surface area contributed by atoms with Crippen LogP contribution in [0.25, 0.3) is 0 Å². The predicted octanol–water partition coefficient (Wildman–Crippen LogP) is 2.67. The van der Waals surface area contributed by atoms with Gasteiger partial charge in [0.1, 0.15) is 11.6 Å². The van der Waals surface area contributed by atoms with Crippen LogP contribution in [0.1, 0.15) is 24.5 Å². The maximum absolute atomic E-state index is 12.1. The van der Waals surface area contributed by atoms with Crippen molar-refractivity contribution in [2.24, 2.45) is 0 Å². The van der Waals surface area contributed by atoms with Gasteiger partial charge in [0.15, 0.2) is 0 Å². The third-order valence-corrected chi connectivity index (χ3v) is 3.06. The molecule has 0 saturated heterocycles. The summed E-state index contributed by atoms with van der Waals surface area (Å²) >= 11 is 0. The van der Waals surface area contributed by atoms with Crippen LogP contribution in [0.2, 0.25) is 0 Å². The number of nitriles is 1. The van der Waals surface area contributed by atoms with E-state index in [1.54, 1.807) is 0 Å². The number of hydrogen-bond donors (Lipinski definition) is 2. The van der Waals surface area contributed by atoms with Gasteiger partial charge in [-0.25, -0.2) is 0 Å². The molecular weight excluding hydrogens is 278 g/mol. The standard InChI is InChI=1S/C17H23N3O2/c1-4-22-9-5-8-19-12-15(11-18)17(21)20-16-7-6-13(2)10-14(16)3/h6-7,10,12,19H,4-5,8-9H2,1-3H3,(H,20,21)/b15-12-. The van der Waals surface area contributed by atoms with Gasteiger partial charge in [0.2, 0.25) is 0 Å². The number of anilines is 1. The number of aryl methyl sites for hydroxylation is 2. The molecule has 5 nitrogen and oxygen atoms in total. The van der Waals surface area contributed by atoms with Crippen molar-refractivity contribution in [3.05, 3.63) is 41.1 Å². The molecule has 1 aromatic carbocycles. The quantitative estimate of drug-likeness (QED) is 0.440. The van der Waals surface area contributed by atoms with Crippen molar-refractivity contribution in [2.75, 3.05) is 25.1 Å². The summed E-state index contributed by atoms with van der Waals surface area (Å²) in [6.07, 6.45) is 2.27. The van der Waals surface area contributed by atoms with Gasteiger partial charge in [-0.3, -0.25) is 4.79 Å². The number of ether oxygens (including phenoxy) is 1. The summed E-state index contributed by atoms with van der Waals surface area (Å²) in [6, 6.07) is 7.66. The molecule has 22 heavy (non-hydrogen) atoms. The van der Waals surface area contributed by atoms with E-state index in [-0.39, 0.29) is 5.57 Å². The van der Waals surface area contributed by atoms with E-state index in [9.17, 15) is 4.79 Å². The smallest absolute Gasteiger partial charge is 0.267 e. The summed E-state index contributed by atoms with van der Waals surface area (Å²) in [4.78, 5) is 12.1. The fourth-order valence-corrected chi connectivity index (χ4v) is 1.89. The molecule has 0 heterocycles. The molecule has 1 aromatic rings. The van der Waals surface area contributed by atoms with Gasteiger partial charge in [0.05, 0.1) is 0 Å². The second-order valence-electron chi connectivity index (χ2n) is 4.95. The highest BCUT2D eigenvalue weighted by molar-refractivity contribution is 6.06. The van der Waals surface area contributed by atoms with Crippen LogP contribution < -0.4 is 10.6 Å². The number of amides is 1. The van der Waals surface area contributed by atoms with E-state index in [0.717, 1.165) is 17.5 Å². The molecule has 118 valence electrons. The molecule has 0 bridgehead atoms. The zero-order valence-corrected chi connectivity index (χ0v) is 13.4. The van der Waals surface area contributed by atoms with E-state index in [1.807, 2.05) is 45.0 Å². The summed E-state index contributed by atoms with van der Waals surface area (Å²) in [5.41, 5.74) is 2.86. The van der Waals surface area contributed by atoms with E-state index in [0.29, 0.717) is 25.4 Å². The Morgan fingerprint density at radius 2 is 2.18 bits per heavy atom. The lowest BCUT2D eigenvalue weighted by Gasteiger charge is -2.09. The Labute approximate surface area is 132 Å². The fourth-order valence-electron chi connectivity index (χ4n) is 1.89. The van der Waals surface area contributed by atoms with Crippen molar-refractivity contribution >= 4 is 11.6 Å². The molecule has 5 heteroatoms. The zero-order valence-electron chi connectivity index (χ0n) is 13.4. The molecular formula is C17H23N3O2. The molecule has 0 aliphatic rings. The number of benzene rings is 1. The Bertz CT molecular complexity index is 574. The van der Waals surface area contributed by atoms with Crippen molar-refractivity contribution in [1.82, 2.24) is 5.32 Å². The van der Waals surface area contributed by atoms with Crippen LogP contribution in [0.4, 0.5) is 5.69 Å². The largest absolute Gasteiger partial charge is 0.390 e. The lowest BCUT2D eigenvalue weighted by Crippen LogP contribution is -2.18. The van der Waals surface area contributed by atoms with E-state index < -0.39 is 5.91 Å². The summed E-state index contributed by atoms with van der Waals surface area (Å²) in [6.45, 7) is 7.86. The van der Waals surface area contributed by atoms with Gasteiger partial charge in [0.25, 0.3) is 5.91 Å². The second-order valence-corrected chi connectivity index (χ2v) is 4.95. The van der Waals surface area contributed by atoms with Crippen LogP contribution >= 0.6 is 0 Å². The Morgan fingerprint density at radius 1 is 1.41 bits per heavy atom. The lowest BCUT2D eigenvalue weighted by atomic mass is 10.1. The number of nitrogens with one attached hydrogen (secondary N) is 2. The van der Waals surface area contributed by atoms with Crippen molar-refractivity contribution < 1.29 is 9.53 Å². The number of nitrogens with zero attached hydrogens (tertiary/aromatic N) is 1. The van der Waals surface area contributed by atoms with Gasteiger partial charge in [-0.05, 0) is 38.8 Å². The molecule has 0 aliphatic heterocycles. The maximum atomic E-state index is 12.1. The highest BCUT2D eigenvalue weighted by Crippen LogP contribution is 2.16. The van der Waals surface area contributed by atoms with Gasteiger partial charge in [-0.2, -0.15) is 5.26 Å². The first-order valence-electron chi connectivity index (χ1n) is 7.38. The number of carbonyl (C=O) groups excluding carboxylic acids is 1. The summed E-state index contributed by atoms with van der Waals surface area (Å²) in [5.74, 6) is -0.410. The van der Waals surface area contributed by atoms with Gasteiger partial charge in [0, 0.05) is 31.6 Å². The fraction of sp³-hybridized carbons (Fsp3) is 0.412. The van der Waals surface area contributed by atoms with Crippen LogP contribution in [-0.2, 0) is 9.53 Å². The molecule has 0 spiro atoms. The maximum Gasteiger partial charge on any atom is 0.267 e. The van der Waals surface area contributed by atoms with Crippen LogP contribution in [0.15, 0.2) is 30.0 Å². The first kappa shape index (κ1) is 17.7. The van der Waals surface area contributed by atoms with E-state index in [2.05, 4.69) is 10.6 Å². The van der Waals surface area contributed by atoms with Crippen LogP contribution in [0, 0.1) is 25.2 Å². The molecule has 0 atom stereocenters. The van der Waals surface area contributed by atoms with Crippen molar-refractivity contribution in [2.45, 2.75) is 27.2 Å². The average Bonchev–Trinajstić information content (AvgIpc) is 2.49. The molecule has 0 aliphatic carbocycles. The van der Waals surface area contributed by atoms with Gasteiger partial charge < -0.3 is 15.4 Å². The van der Waals surface area contributed by atoms with Gasteiger partial charge in [-0.15, -0.1) is 0 Å². The number of hydrogen-bond acceptors (Lipinski definition) is 4. The Hall–Kier alpha value is -2.32. The van der Waals surface area contributed by atoms with Crippen LogP contribution in [0.5, 0.6) is 0 Å². The number of rotatable bonds is 8. The Kier molecular flexibility index (Phi) is 7.73. The van der Waals surface area contributed by atoms with Crippen molar-refractivity contribution in [3.8, 4) is 6.07 Å². The minimum Gasteiger partial charge on any atom is -0.390 e. The summed E-state index contributed by atoms with van der Waals surface area (Å²) in [5, 5.41) is 14.8. The molecule has 1 rings (SSSR count). The number of carbonyl (C=O) groups is 1. The molecule has 1 amide bonds.